The molecule has 1 aromatic rings. The Hall–Kier alpha value is -0.950. The standard InChI is InChI=1S/C16H24N2O3S/c1-13-10-17(11-14(2)21-13)22(19,20)18(16-8-9-16)12-15-6-4-3-5-7-15/h3-7,13-14,16H,8-12H2,1-2H3. The van der Waals surface area contributed by atoms with Crippen molar-refractivity contribution >= 4 is 10.2 Å². The van der Waals surface area contributed by atoms with E-state index in [-0.39, 0.29) is 18.2 Å². The molecule has 1 aliphatic heterocycles. The summed E-state index contributed by atoms with van der Waals surface area (Å²) in [5.74, 6) is 0. The molecule has 1 aromatic carbocycles. The van der Waals surface area contributed by atoms with E-state index in [4.69, 9.17) is 4.74 Å². The van der Waals surface area contributed by atoms with Crippen molar-refractivity contribution in [3.8, 4) is 0 Å². The molecule has 2 fully saturated rings. The van der Waals surface area contributed by atoms with E-state index in [1.807, 2.05) is 44.2 Å². The van der Waals surface area contributed by atoms with E-state index in [0.717, 1.165) is 18.4 Å². The normalized spacial score (nSPS) is 27.2. The summed E-state index contributed by atoms with van der Waals surface area (Å²) in [6, 6.07) is 9.96. The van der Waals surface area contributed by atoms with Crippen LogP contribution in [-0.2, 0) is 21.5 Å². The van der Waals surface area contributed by atoms with Crippen molar-refractivity contribution in [3.63, 3.8) is 0 Å². The zero-order valence-corrected chi connectivity index (χ0v) is 14.0. The number of morpholine rings is 1. The van der Waals surface area contributed by atoms with Gasteiger partial charge in [-0.2, -0.15) is 17.0 Å². The van der Waals surface area contributed by atoms with Crippen molar-refractivity contribution < 1.29 is 13.2 Å². The van der Waals surface area contributed by atoms with Gasteiger partial charge in [0, 0.05) is 25.7 Å². The van der Waals surface area contributed by atoms with Crippen LogP contribution in [0, 0.1) is 0 Å². The second-order valence-corrected chi connectivity index (χ2v) is 8.23. The summed E-state index contributed by atoms with van der Waals surface area (Å²) in [5, 5.41) is 0. The highest BCUT2D eigenvalue weighted by atomic mass is 32.2. The number of nitrogens with zero attached hydrogens (tertiary/aromatic N) is 2. The molecule has 2 aliphatic rings. The fourth-order valence-electron chi connectivity index (χ4n) is 2.99. The van der Waals surface area contributed by atoms with Crippen LogP contribution in [0.15, 0.2) is 30.3 Å². The van der Waals surface area contributed by atoms with E-state index in [1.165, 1.54) is 0 Å². The maximum Gasteiger partial charge on any atom is 0.282 e. The summed E-state index contributed by atoms with van der Waals surface area (Å²) in [4.78, 5) is 0. The van der Waals surface area contributed by atoms with Crippen LogP contribution < -0.4 is 0 Å². The molecule has 0 amide bonds. The Bertz CT molecular complexity index is 591. The zero-order valence-electron chi connectivity index (χ0n) is 13.2. The Kier molecular flexibility index (Phi) is 4.54. The monoisotopic (exact) mass is 324 g/mol. The van der Waals surface area contributed by atoms with Crippen molar-refractivity contribution in [2.45, 2.75) is 51.5 Å². The molecule has 1 heterocycles. The SMILES string of the molecule is CC1CN(S(=O)(=O)N(Cc2ccccc2)C2CC2)CC(C)O1. The molecule has 2 unspecified atom stereocenters. The Morgan fingerprint density at radius 2 is 1.73 bits per heavy atom. The third-order valence-electron chi connectivity index (χ3n) is 4.14. The smallest absolute Gasteiger partial charge is 0.282 e. The Labute approximate surface area is 133 Å². The maximum absolute atomic E-state index is 13.1. The van der Waals surface area contributed by atoms with Crippen molar-refractivity contribution in [2.24, 2.45) is 0 Å². The molecule has 22 heavy (non-hydrogen) atoms. The lowest BCUT2D eigenvalue weighted by Gasteiger charge is -2.37. The van der Waals surface area contributed by atoms with Gasteiger partial charge >= 0.3 is 0 Å². The first kappa shape index (κ1) is 15.9. The van der Waals surface area contributed by atoms with Gasteiger partial charge in [0.2, 0.25) is 0 Å². The predicted molar refractivity (Wildman–Crippen MR) is 85.5 cm³/mol. The molecule has 1 saturated heterocycles. The predicted octanol–water partition coefficient (Wildman–Crippen LogP) is 2.00. The number of hydrogen-bond donors (Lipinski definition) is 0. The largest absolute Gasteiger partial charge is 0.373 e. The van der Waals surface area contributed by atoms with Crippen LogP contribution in [0.4, 0.5) is 0 Å². The first-order valence-electron chi connectivity index (χ1n) is 7.93. The molecule has 1 aliphatic carbocycles. The molecule has 0 bridgehead atoms. The summed E-state index contributed by atoms with van der Waals surface area (Å²) in [7, 11) is -3.44. The quantitative estimate of drug-likeness (QED) is 0.832. The van der Waals surface area contributed by atoms with Gasteiger partial charge in [0.05, 0.1) is 12.2 Å². The van der Waals surface area contributed by atoms with Crippen molar-refractivity contribution in [3.05, 3.63) is 35.9 Å². The van der Waals surface area contributed by atoms with E-state index < -0.39 is 10.2 Å². The first-order valence-corrected chi connectivity index (χ1v) is 9.33. The lowest BCUT2D eigenvalue weighted by Crippen LogP contribution is -2.53. The fraction of sp³-hybridized carbons (Fsp3) is 0.625. The molecule has 0 N–H and O–H groups in total. The Balaban J connectivity index is 1.80. The van der Waals surface area contributed by atoms with E-state index >= 15 is 0 Å². The summed E-state index contributed by atoms with van der Waals surface area (Å²) >= 11 is 0. The lowest BCUT2D eigenvalue weighted by atomic mass is 10.2. The molecular weight excluding hydrogens is 300 g/mol. The third kappa shape index (κ3) is 3.51. The van der Waals surface area contributed by atoms with Gasteiger partial charge in [-0.3, -0.25) is 0 Å². The molecule has 1 saturated carbocycles. The van der Waals surface area contributed by atoms with E-state index in [1.54, 1.807) is 8.61 Å². The van der Waals surface area contributed by atoms with Crippen LogP contribution >= 0.6 is 0 Å². The second-order valence-electron chi connectivity index (χ2n) is 6.34. The summed E-state index contributed by atoms with van der Waals surface area (Å²) in [6.07, 6.45) is 1.80. The van der Waals surface area contributed by atoms with Crippen LogP contribution in [0.1, 0.15) is 32.3 Å². The first-order chi connectivity index (χ1) is 10.5. The van der Waals surface area contributed by atoms with Crippen LogP contribution in [0.2, 0.25) is 0 Å². The lowest BCUT2D eigenvalue weighted by molar-refractivity contribution is -0.0456. The molecule has 3 rings (SSSR count). The summed E-state index contributed by atoms with van der Waals surface area (Å²) in [5.41, 5.74) is 1.03. The minimum absolute atomic E-state index is 0.0590. The molecule has 5 nitrogen and oxygen atoms in total. The van der Waals surface area contributed by atoms with Gasteiger partial charge in [0.15, 0.2) is 0 Å². The highest BCUT2D eigenvalue weighted by Crippen LogP contribution is 2.32. The van der Waals surface area contributed by atoms with Crippen LogP contribution in [-0.4, -0.2) is 48.4 Å². The molecule has 122 valence electrons. The van der Waals surface area contributed by atoms with Crippen molar-refractivity contribution in [1.82, 2.24) is 8.61 Å². The van der Waals surface area contributed by atoms with Gasteiger partial charge in [-0.15, -0.1) is 0 Å². The Morgan fingerprint density at radius 1 is 1.14 bits per heavy atom. The second kappa shape index (κ2) is 6.28. The molecule has 0 radical (unpaired) electrons. The number of benzene rings is 1. The van der Waals surface area contributed by atoms with Crippen molar-refractivity contribution in [2.75, 3.05) is 13.1 Å². The maximum atomic E-state index is 13.1. The minimum Gasteiger partial charge on any atom is -0.373 e. The number of ether oxygens (including phenoxy) is 1. The number of hydrogen-bond acceptors (Lipinski definition) is 3. The van der Waals surface area contributed by atoms with Gasteiger partial charge in [0.25, 0.3) is 10.2 Å². The number of rotatable bonds is 5. The van der Waals surface area contributed by atoms with Crippen LogP contribution in [0.5, 0.6) is 0 Å². The van der Waals surface area contributed by atoms with Gasteiger partial charge in [-0.25, -0.2) is 0 Å². The van der Waals surface area contributed by atoms with Crippen molar-refractivity contribution in [1.29, 1.82) is 0 Å². The van der Waals surface area contributed by atoms with E-state index in [0.29, 0.717) is 19.6 Å². The van der Waals surface area contributed by atoms with Gasteiger partial charge in [0.1, 0.15) is 0 Å². The highest BCUT2D eigenvalue weighted by Gasteiger charge is 2.42. The summed E-state index contributed by atoms with van der Waals surface area (Å²) < 4.78 is 35.0. The van der Waals surface area contributed by atoms with E-state index in [9.17, 15) is 8.42 Å². The van der Waals surface area contributed by atoms with Gasteiger partial charge in [-0.1, -0.05) is 30.3 Å². The summed E-state index contributed by atoms with van der Waals surface area (Å²) in [6.45, 7) is 5.18. The molecule has 2 atom stereocenters. The van der Waals surface area contributed by atoms with Crippen LogP contribution in [0.3, 0.4) is 0 Å². The Morgan fingerprint density at radius 3 is 2.27 bits per heavy atom. The third-order valence-corrected chi connectivity index (χ3v) is 6.11. The molecule has 6 heteroatoms. The average Bonchev–Trinajstić information content (AvgIpc) is 3.29. The average molecular weight is 324 g/mol. The topological polar surface area (TPSA) is 49.9 Å². The highest BCUT2D eigenvalue weighted by molar-refractivity contribution is 7.86. The molecular formula is C16H24N2O3S. The zero-order chi connectivity index (χ0) is 15.7. The van der Waals surface area contributed by atoms with E-state index in [2.05, 4.69) is 0 Å². The molecule has 0 aromatic heterocycles. The molecule has 0 spiro atoms. The fourth-order valence-corrected chi connectivity index (χ4v) is 4.99. The van der Waals surface area contributed by atoms with Gasteiger partial charge in [-0.05, 0) is 32.3 Å². The minimum atomic E-state index is -3.44. The van der Waals surface area contributed by atoms with Gasteiger partial charge < -0.3 is 4.74 Å². The van der Waals surface area contributed by atoms with Crippen LogP contribution in [0.25, 0.3) is 0 Å².